The smallest absolute Gasteiger partial charge is 0.451 e. The lowest BCUT2D eigenvalue weighted by Gasteiger charge is -2.27. The van der Waals surface area contributed by atoms with E-state index in [0.29, 0.717) is 12.0 Å². The first-order valence-electron chi connectivity index (χ1n) is 11.0. The molecule has 1 aliphatic heterocycles. The highest BCUT2D eigenvalue weighted by Gasteiger charge is 2.43. The molecule has 0 bridgehead atoms. The maximum absolute atomic E-state index is 13.3. The van der Waals surface area contributed by atoms with Crippen LogP contribution in [0.4, 0.5) is 17.6 Å². The Kier molecular flexibility index (Phi) is 7.19. The number of methoxy groups -OCH3 is 1. The largest absolute Gasteiger partial charge is 0.480 e. The number of carbonyl (C=O) groups excluding carboxylic acids is 1. The zero-order valence-electron chi connectivity index (χ0n) is 19.6. The summed E-state index contributed by atoms with van der Waals surface area (Å²) >= 11 is 0. The highest BCUT2D eigenvalue weighted by molar-refractivity contribution is 7.89. The highest BCUT2D eigenvalue weighted by Crippen LogP contribution is 2.31. The molecule has 2 atom stereocenters. The van der Waals surface area contributed by atoms with Crippen LogP contribution in [0.3, 0.4) is 0 Å². The van der Waals surface area contributed by atoms with Gasteiger partial charge in [0, 0.05) is 18.8 Å². The number of nitrogens with zero attached hydrogens (tertiary/aromatic N) is 5. The molecule has 1 saturated heterocycles. The summed E-state index contributed by atoms with van der Waals surface area (Å²) in [5.74, 6) is -2.34. The van der Waals surface area contributed by atoms with E-state index in [1.54, 1.807) is 6.92 Å². The Balaban J connectivity index is 1.50. The Labute approximate surface area is 209 Å². The maximum atomic E-state index is 13.3. The number of alkyl halides is 3. The topological polar surface area (TPSA) is 119 Å². The molecule has 0 saturated carbocycles. The number of amides is 1. The van der Waals surface area contributed by atoms with Gasteiger partial charge >= 0.3 is 6.18 Å². The van der Waals surface area contributed by atoms with E-state index in [-0.39, 0.29) is 29.4 Å². The van der Waals surface area contributed by atoms with Crippen LogP contribution in [0.1, 0.15) is 31.2 Å². The van der Waals surface area contributed by atoms with Crippen LogP contribution in [0, 0.1) is 5.82 Å². The van der Waals surface area contributed by atoms with E-state index in [2.05, 4.69) is 20.4 Å². The molecule has 2 aromatic heterocycles. The van der Waals surface area contributed by atoms with Crippen LogP contribution >= 0.6 is 0 Å². The predicted molar refractivity (Wildman–Crippen MR) is 120 cm³/mol. The lowest BCUT2D eigenvalue weighted by atomic mass is 10.2. The molecule has 1 amide bonds. The molecule has 1 aliphatic rings. The normalized spacial score (nSPS) is 18.6. The molecule has 4 rings (SSSR count). The van der Waals surface area contributed by atoms with E-state index >= 15 is 0 Å². The predicted octanol–water partition coefficient (Wildman–Crippen LogP) is 2.69. The molecule has 1 fully saturated rings. The molecule has 198 valence electrons. The molecule has 1 N–H and O–H groups in total. The third-order valence-electron chi connectivity index (χ3n) is 5.85. The van der Waals surface area contributed by atoms with Crippen molar-refractivity contribution in [2.45, 2.75) is 49.5 Å². The second kappa shape index (κ2) is 10.0. The second-order valence-electron chi connectivity index (χ2n) is 8.32. The number of aromatic nitrogens is 4. The molecule has 0 radical (unpaired) electrons. The Morgan fingerprint density at radius 3 is 2.41 bits per heavy atom. The molecule has 3 aromatic rings. The quantitative estimate of drug-likeness (QED) is 0.456. The SMILES string of the molecule is COc1nn(-c2cnc(C(F)(F)F)nc2)cc1CNC(=O)[C@@H]1CC[C@H](C)N1S(=O)(=O)c1ccc(F)cc1. The van der Waals surface area contributed by atoms with Crippen LogP contribution in [0.15, 0.2) is 47.8 Å². The first kappa shape index (κ1) is 26.5. The number of halogens is 4. The van der Waals surface area contributed by atoms with Crippen molar-refractivity contribution in [1.29, 1.82) is 0 Å². The van der Waals surface area contributed by atoms with Crippen molar-refractivity contribution in [3.63, 3.8) is 0 Å². The number of rotatable bonds is 7. The van der Waals surface area contributed by atoms with E-state index in [1.807, 2.05) is 0 Å². The summed E-state index contributed by atoms with van der Waals surface area (Å²) in [7, 11) is -2.74. The summed E-state index contributed by atoms with van der Waals surface area (Å²) in [5, 5.41) is 6.80. The summed E-state index contributed by atoms with van der Waals surface area (Å²) in [4.78, 5) is 19.5. The summed E-state index contributed by atoms with van der Waals surface area (Å²) in [5.41, 5.74) is 0.514. The van der Waals surface area contributed by atoms with Gasteiger partial charge in [0.1, 0.15) is 17.5 Å². The van der Waals surface area contributed by atoms with E-state index in [0.717, 1.165) is 41.0 Å². The van der Waals surface area contributed by atoms with Gasteiger partial charge in [-0.05, 0) is 44.0 Å². The molecular formula is C22H22F4N6O4S. The molecule has 3 heterocycles. The first-order valence-corrected chi connectivity index (χ1v) is 12.4. The fraction of sp³-hybridized carbons (Fsp3) is 0.364. The Hall–Kier alpha value is -3.59. The minimum absolute atomic E-state index is 0.0933. The molecule has 0 unspecified atom stereocenters. The second-order valence-corrected chi connectivity index (χ2v) is 10.2. The lowest BCUT2D eigenvalue weighted by Crippen LogP contribution is -2.48. The number of sulfonamides is 1. The van der Waals surface area contributed by atoms with E-state index in [9.17, 15) is 30.8 Å². The zero-order chi connectivity index (χ0) is 27.0. The van der Waals surface area contributed by atoms with Crippen molar-refractivity contribution in [3.05, 3.63) is 60.1 Å². The van der Waals surface area contributed by atoms with Crippen LogP contribution in [0.2, 0.25) is 0 Å². The number of nitrogens with one attached hydrogen (secondary N) is 1. The standard InChI is InChI=1S/C22H22F4N6O4S/c1-13-3-8-18(32(13)37(34,35)17-6-4-15(23)5-7-17)19(33)27-9-14-12-31(30-20(14)36-2)16-10-28-21(29-11-16)22(24,25)26/h4-7,10-13,18H,3,8-9H2,1-2H3,(H,27,33)/t13-,18-/m0/s1. The fourth-order valence-corrected chi connectivity index (χ4v) is 5.88. The van der Waals surface area contributed by atoms with E-state index in [4.69, 9.17) is 4.74 Å². The number of benzene rings is 1. The summed E-state index contributed by atoms with van der Waals surface area (Å²) < 4.78 is 85.4. The maximum Gasteiger partial charge on any atom is 0.451 e. The van der Waals surface area contributed by atoms with Gasteiger partial charge in [-0.3, -0.25) is 4.79 Å². The van der Waals surface area contributed by atoms with Crippen molar-refractivity contribution in [2.75, 3.05) is 7.11 Å². The minimum Gasteiger partial charge on any atom is -0.480 e. The van der Waals surface area contributed by atoms with Gasteiger partial charge in [-0.2, -0.15) is 17.5 Å². The summed E-state index contributed by atoms with van der Waals surface area (Å²) in [6, 6.07) is 2.92. The summed E-state index contributed by atoms with van der Waals surface area (Å²) in [6.45, 7) is 1.59. The van der Waals surface area contributed by atoms with Crippen LogP contribution in [-0.2, 0) is 27.5 Å². The van der Waals surface area contributed by atoms with Crippen molar-refractivity contribution >= 4 is 15.9 Å². The molecule has 10 nitrogen and oxygen atoms in total. The molecule has 15 heteroatoms. The highest BCUT2D eigenvalue weighted by atomic mass is 32.2. The molecule has 0 spiro atoms. The van der Waals surface area contributed by atoms with Gasteiger partial charge in [0.2, 0.25) is 27.6 Å². The van der Waals surface area contributed by atoms with Gasteiger partial charge in [-0.15, -0.1) is 5.10 Å². The van der Waals surface area contributed by atoms with Crippen molar-refractivity contribution < 1.29 is 35.5 Å². The molecule has 37 heavy (non-hydrogen) atoms. The number of hydrogen-bond acceptors (Lipinski definition) is 7. The third-order valence-corrected chi connectivity index (χ3v) is 7.88. The average molecular weight is 543 g/mol. The Bertz CT molecular complexity index is 1380. The van der Waals surface area contributed by atoms with Gasteiger partial charge in [0.15, 0.2) is 0 Å². The monoisotopic (exact) mass is 542 g/mol. The number of hydrogen-bond donors (Lipinski definition) is 1. The first-order chi connectivity index (χ1) is 17.4. The Morgan fingerprint density at radius 1 is 1.16 bits per heavy atom. The van der Waals surface area contributed by atoms with Gasteiger partial charge in [-0.25, -0.2) is 27.5 Å². The Morgan fingerprint density at radius 2 is 1.81 bits per heavy atom. The molecule has 1 aromatic carbocycles. The van der Waals surface area contributed by atoms with E-state index in [1.165, 1.54) is 18.0 Å². The zero-order valence-corrected chi connectivity index (χ0v) is 20.4. The number of ether oxygens (including phenoxy) is 1. The van der Waals surface area contributed by atoms with Crippen molar-refractivity contribution in [1.82, 2.24) is 29.4 Å². The van der Waals surface area contributed by atoms with Crippen LogP contribution in [0.25, 0.3) is 5.69 Å². The molecule has 0 aliphatic carbocycles. The van der Waals surface area contributed by atoms with Crippen molar-refractivity contribution in [2.24, 2.45) is 0 Å². The lowest BCUT2D eigenvalue weighted by molar-refractivity contribution is -0.145. The van der Waals surface area contributed by atoms with Gasteiger partial charge in [0.25, 0.3) is 0 Å². The third kappa shape index (κ3) is 5.41. The fourth-order valence-electron chi connectivity index (χ4n) is 4.05. The average Bonchev–Trinajstić information content (AvgIpc) is 3.46. The van der Waals surface area contributed by atoms with Crippen LogP contribution in [0.5, 0.6) is 5.88 Å². The van der Waals surface area contributed by atoms with E-state index < -0.39 is 45.8 Å². The van der Waals surface area contributed by atoms with Crippen molar-refractivity contribution in [3.8, 4) is 11.6 Å². The van der Waals surface area contributed by atoms with Crippen LogP contribution < -0.4 is 10.1 Å². The van der Waals surface area contributed by atoms with Gasteiger partial charge in [0.05, 0.1) is 30.0 Å². The minimum atomic E-state index is -4.69. The number of carbonyl (C=O) groups is 1. The summed E-state index contributed by atoms with van der Waals surface area (Å²) in [6.07, 6.45) is -0.632. The van der Waals surface area contributed by atoms with Gasteiger partial charge < -0.3 is 10.1 Å². The van der Waals surface area contributed by atoms with Gasteiger partial charge in [-0.1, -0.05) is 0 Å². The molecular weight excluding hydrogens is 520 g/mol. The van der Waals surface area contributed by atoms with Crippen LogP contribution in [-0.4, -0.2) is 57.6 Å².